The maximum atomic E-state index is 12.6. The molecule has 0 bridgehead atoms. The predicted molar refractivity (Wildman–Crippen MR) is 103 cm³/mol. The van der Waals surface area contributed by atoms with Gasteiger partial charge in [0.2, 0.25) is 5.91 Å². The normalized spacial score (nSPS) is 11.9. The van der Waals surface area contributed by atoms with E-state index < -0.39 is 21.5 Å². The molecule has 2 aromatic carbocycles. The molecule has 0 aliphatic carbocycles. The van der Waals surface area contributed by atoms with E-state index in [-0.39, 0.29) is 10.4 Å². The van der Waals surface area contributed by atoms with Crippen molar-refractivity contribution in [3.05, 3.63) is 41.4 Å². The zero-order valence-corrected chi connectivity index (χ0v) is 16.0. The Balaban J connectivity index is 1.57. The Kier molecular flexibility index (Phi) is 4.35. The van der Waals surface area contributed by atoms with Crippen molar-refractivity contribution >= 4 is 76.8 Å². The highest BCUT2D eigenvalue weighted by Gasteiger charge is 2.24. The Labute approximate surface area is 160 Å². The first-order valence-corrected chi connectivity index (χ1v) is 10.8. The van der Waals surface area contributed by atoms with Gasteiger partial charge in [-0.05, 0) is 30.3 Å². The van der Waals surface area contributed by atoms with Gasteiger partial charge in [-0.2, -0.15) is 8.75 Å². The number of fused-ring (bicyclic) bond motifs is 2. The lowest BCUT2D eigenvalue weighted by Gasteiger charge is -2.04. The van der Waals surface area contributed by atoms with E-state index in [4.69, 9.17) is 11.6 Å². The Bertz CT molecular complexity index is 1250. The van der Waals surface area contributed by atoms with E-state index >= 15 is 0 Å². The summed E-state index contributed by atoms with van der Waals surface area (Å²) in [6, 6.07) is 9.83. The standard InChI is InChI=1S/C15H9ClN4O3S3/c16-8-4-5-9-11(6-8)24-15(17-9)18-13(21)7-26(22,23)12-3-1-2-10-14(12)20-25-19-10/h1-6H,7H2,(H,17,18,21). The van der Waals surface area contributed by atoms with Crippen LogP contribution in [-0.4, -0.2) is 33.8 Å². The minimum Gasteiger partial charge on any atom is -0.301 e. The molecule has 11 heteroatoms. The largest absolute Gasteiger partial charge is 0.301 e. The number of hydrogen-bond donors (Lipinski definition) is 1. The van der Waals surface area contributed by atoms with E-state index in [2.05, 4.69) is 19.0 Å². The number of sulfone groups is 1. The van der Waals surface area contributed by atoms with Crippen molar-refractivity contribution < 1.29 is 13.2 Å². The van der Waals surface area contributed by atoms with Gasteiger partial charge in [0.25, 0.3) is 0 Å². The second kappa shape index (κ2) is 6.54. The number of benzene rings is 2. The molecule has 4 rings (SSSR count). The predicted octanol–water partition coefficient (Wildman–Crippen LogP) is 3.37. The van der Waals surface area contributed by atoms with E-state index in [9.17, 15) is 13.2 Å². The smallest absolute Gasteiger partial charge is 0.241 e. The van der Waals surface area contributed by atoms with Crippen molar-refractivity contribution in [1.82, 2.24) is 13.7 Å². The molecule has 0 fully saturated rings. The second-order valence-corrected chi connectivity index (χ2v) is 9.28. The van der Waals surface area contributed by atoms with E-state index in [0.29, 0.717) is 21.2 Å². The third-order valence-electron chi connectivity index (χ3n) is 3.50. The minimum atomic E-state index is -3.87. The quantitative estimate of drug-likeness (QED) is 0.538. The van der Waals surface area contributed by atoms with Gasteiger partial charge in [-0.15, -0.1) is 0 Å². The first kappa shape index (κ1) is 17.3. The maximum Gasteiger partial charge on any atom is 0.241 e. The molecule has 0 radical (unpaired) electrons. The molecule has 7 nitrogen and oxygen atoms in total. The van der Waals surface area contributed by atoms with Gasteiger partial charge in [0.1, 0.15) is 16.8 Å². The van der Waals surface area contributed by atoms with E-state index in [1.807, 2.05) is 0 Å². The van der Waals surface area contributed by atoms with Crippen molar-refractivity contribution in [1.29, 1.82) is 0 Å². The van der Waals surface area contributed by atoms with Crippen LogP contribution in [0.1, 0.15) is 0 Å². The third kappa shape index (κ3) is 3.28. The zero-order chi connectivity index (χ0) is 18.3. The first-order chi connectivity index (χ1) is 12.4. The average Bonchev–Trinajstić information content (AvgIpc) is 3.19. The van der Waals surface area contributed by atoms with Crippen molar-refractivity contribution in [3.8, 4) is 0 Å². The van der Waals surface area contributed by atoms with Crippen LogP contribution in [-0.2, 0) is 14.6 Å². The van der Waals surface area contributed by atoms with E-state index in [0.717, 1.165) is 16.4 Å². The minimum absolute atomic E-state index is 0.00465. The molecule has 26 heavy (non-hydrogen) atoms. The van der Waals surface area contributed by atoms with Crippen LogP contribution in [0.2, 0.25) is 5.02 Å². The number of carbonyl (C=O) groups excluding carboxylic acids is 1. The molecular weight excluding hydrogens is 416 g/mol. The Morgan fingerprint density at radius 3 is 2.85 bits per heavy atom. The lowest BCUT2D eigenvalue weighted by molar-refractivity contribution is -0.113. The number of halogens is 1. The van der Waals surface area contributed by atoms with Crippen molar-refractivity contribution in [2.24, 2.45) is 0 Å². The first-order valence-electron chi connectivity index (χ1n) is 7.22. The summed E-state index contributed by atoms with van der Waals surface area (Å²) in [5.74, 6) is -1.38. The van der Waals surface area contributed by atoms with Crippen LogP contribution in [0.25, 0.3) is 21.3 Å². The lowest BCUT2D eigenvalue weighted by atomic mass is 10.3. The summed E-state index contributed by atoms with van der Waals surface area (Å²) in [4.78, 5) is 16.5. The van der Waals surface area contributed by atoms with Crippen molar-refractivity contribution in [2.45, 2.75) is 4.90 Å². The molecule has 2 heterocycles. The fraction of sp³-hybridized carbons (Fsp3) is 0.0667. The van der Waals surface area contributed by atoms with Crippen molar-refractivity contribution in [3.63, 3.8) is 0 Å². The fourth-order valence-electron chi connectivity index (χ4n) is 2.39. The molecular formula is C15H9ClN4O3S3. The van der Waals surface area contributed by atoms with Crippen LogP contribution < -0.4 is 5.32 Å². The Morgan fingerprint density at radius 2 is 2.00 bits per heavy atom. The van der Waals surface area contributed by atoms with E-state index in [1.165, 1.54) is 17.4 Å². The van der Waals surface area contributed by atoms with Crippen LogP contribution in [0.15, 0.2) is 41.3 Å². The molecule has 132 valence electrons. The number of hydrogen-bond acceptors (Lipinski definition) is 8. The number of amides is 1. The summed E-state index contributed by atoms with van der Waals surface area (Å²) >= 11 is 8.08. The highest BCUT2D eigenvalue weighted by atomic mass is 35.5. The van der Waals surface area contributed by atoms with Gasteiger partial charge in [0.05, 0.1) is 26.8 Å². The number of nitrogens with zero attached hydrogens (tertiary/aromatic N) is 3. The summed E-state index contributed by atoms with van der Waals surface area (Å²) in [6.07, 6.45) is 0. The summed E-state index contributed by atoms with van der Waals surface area (Å²) in [7, 11) is -3.87. The number of nitrogens with one attached hydrogen (secondary N) is 1. The Morgan fingerprint density at radius 1 is 1.15 bits per heavy atom. The van der Waals surface area contributed by atoms with Crippen LogP contribution in [0.5, 0.6) is 0 Å². The summed E-state index contributed by atoms with van der Waals surface area (Å²) in [5.41, 5.74) is 1.44. The van der Waals surface area contributed by atoms with Gasteiger partial charge in [-0.25, -0.2) is 13.4 Å². The zero-order valence-electron chi connectivity index (χ0n) is 12.8. The third-order valence-corrected chi connectivity index (χ3v) is 6.86. The molecule has 1 amide bonds. The van der Waals surface area contributed by atoms with Gasteiger partial charge in [-0.3, -0.25) is 4.79 Å². The summed E-state index contributed by atoms with van der Waals surface area (Å²) in [5, 5.41) is 3.41. The van der Waals surface area contributed by atoms with Crippen LogP contribution in [0.3, 0.4) is 0 Å². The van der Waals surface area contributed by atoms with Crippen LogP contribution in [0, 0.1) is 0 Å². The molecule has 1 N–H and O–H groups in total. The molecule has 0 spiro atoms. The number of aromatic nitrogens is 3. The molecule has 0 unspecified atom stereocenters. The molecule has 0 aliphatic heterocycles. The molecule has 0 saturated carbocycles. The molecule has 0 atom stereocenters. The number of rotatable bonds is 4. The highest BCUT2D eigenvalue weighted by Crippen LogP contribution is 2.28. The number of anilines is 1. The van der Waals surface area contributed by atoms with Gasteiger partial charge in [-0.1, -0.05) is 29.0 Å². The summed E-state index contributed by atoms with van der Waals surface area (Å²) < 4.78 is 34.0. The van der Waals surface area contributed by atoms with Gasteiger partial charge in [0.15, 0.2) is 15.0 Å². The number of thiazole rings is 1. The maximum absolute atomic E-state index is 12.6. The molecule has 0 aliphatic rings. The van der Waals surface area contributed by atoms with Crippen LogP contribution in [0.4, 0.5) is 5.13 Å². The number of carbonyl (C=O) groups is 1. The van der Waals surface area contributed by atoms with Gasteiger partial charge >= 0.3 is 0 Å². The topological polar surface area (TPSA) is 102 Å². The van der Waals surface area contributed by atoms with Gasteiger partial charge in [0, 0.05) is 5.02 Å². The summed E-state index contributed by atoms with van der Waals surface area (Å²) in [6.45, 7) is 0. The van der Waals surface area contributed by atoms with Crippen LogP contribution >= 0.6 is 34.7 Å². The average molecular weight is 425 g/mol. The van der Waals surface area contributed by atoms with Gasteiger partial charge < -0.3 is 5.32 Å². The second-order valence-electron chi connectivity index (χ2n) is 5.33. The van der Waals surface area contributed by atoms with E-state index in [1.54, 1.807) is 30.3 Å². The molecule has 2 aromatic heterocycles. The molecule has 4 aromatic rings. The highest BCUT2D eigenvalue weighted by molar-refractivity contribution is 7.92. The monoisotopic (exact) mass is 424 g/mol. The SMILES string of the molecule is O=C(CS(=O)(=O)c1cccc2nsnc12)Nc1nc2ccc(Cl)cc2s1. The fourth-order valence-corrected chi connectivity index (χ4v) is 5.46. The van der Waals surface area contributed by atoms with Crippen molar-refractivity contribution in [2.75, 3.05) is 11.1 Å². The Hall–Kier alpha value is -2.14. The molecule has 0 saturated heterocycles. The lowest BCUT2D eigenvalue weighted by Crippen LogP contribution is -2.23.